The molecular weight excluding hydrogens is 282 g/mol. The Morgan fingerprint density at radius 3 is 1.30 bits per heavy atom. The van der Waals surface area contributed by atoms with Crippen LogP contribution >= 0.6 is 0 Å². The number of hydrogen-bond acceptors (Lipinski definition) is 2. The molecule has 0 radical (unpaired) electrons. The molecule has 0 rings (SSSR count). The molecule has 0 saturated carbocycles. The van der Waals surface area contributed by atoms with Crippen molar-refractivity contribution in [1.82, 2.24) is 0 Å². The summed E-state index contributed by atoms with van der Waals surface area (Å²) in [4.78, 5) is 0. The van der Waals surface area contributed by atoms with Crippen LogP contribution in [0.5, 0.6) is 0 Å². The van der Waals surface area contributed by atoms with Gasteiger partial charge in [0.25, 0.3) is 0 Å². The molecule has 0 aromatic carbocycles. The van der Waals surface area contributed by atoms with Gasteiger partial charge in [-0.1, -0.05) is 110 Å². The summed E-state index contributed by atoms with van der Waals surface area (Å²) in [6.45, 7) is 4.32. The third-order valence-corrected chi connectivity index (χ3v) is 5.07. The molecule has 0 aliphatic rings. The summed E-state index contributed by atoms with van der Waals surface area (Å²) in [6.07, 6.45) is 22.2. The minimum absolute atomic E-state index is 0.0263. The standard InChI is InChI=1S/C21H45NO/c1-3-5-6-7-8-9-10-11-12-13-14-15-16-17-18-19-21(23)20(22)4-2/h20-21,23H,3-19,22H2,1-2H3/t20-,21+/m0/s1. The Morgan fingerprint density at radius 1 is 0.609 bits per heavy atom. The zero-order valence-corrected chi connectivity index (χ0v) is 16.2. The van der Waals surface area contributed by atoms with Crippen molar-refractivity contribution in [2.75, 3.05) is 0 Å². The van der Waals surface area contributed by atoms with E-state index >= 15 is 0 Å². The highest BCUT2D eigenvalue weighted by Gasteiger charge is 2.11. The largest absolute Gasteiger partial charge is 0.392 e. The molecule has 0 aromatic rings. The van der Waals surface area contributed by atoms with Crippen molar-refractivity contribution in [1.29, 1.82) is 0 Å². The van der Waals surface area contributed by atoms with Crippen molar-refractivity contribution in [2.24, 2.45) is 5.73 Å². The first kappa shape index (κ1) is 22.9. The van der Waals surface area contributed by atoms with Gasteiger partial charge < -0.3 is 10.8 Å². The van der Waals surface area contributed by atoms with Crippen LogP contribution in [-0.2, 0) is 0 Å². The fourth-order valence-corrected chi connectivity index (χ4v) is 3.21. The molecule has 0 unspecified atom stereocenters. The molecule has 2 atom stereocenters. The van der Waals surface area contributed by atoms with E-state index in [0.717, 1.165) is 19.3 Å². The fourth-order valence-electron chi connectivity index (χ4n) is 3.21. The molecule has 0 aliphatic heterocycles. The second kappa shape index (κ2) is 18.3. The number of unbranched alkanes of at least 4 members (excludes halogenated alkanes) is 14. The van der Waals surface area contributed by atoms with Crippen LogP contribution in [0, 0.1) is 0 Å². The van der Waals surface area contributed by atoms with E-state index in [9.17, 15) is 5.11 Å². The van der Waals surface area contributed by atoms with Crippen molar-refractivity contribution >= 4 is 0 Å². The van der Waals surface area contributed by atoms with Gasteiger partial charge in [0, 0.05) is 6.04 Å². The first-order valence-electron chi connectivity index (χ1n) is 10.7. The van der Waals surface area contributed by atoms with E-state index in [4.69, 9.17) is 5.73 Å². The maximum absolute atomic E-state index is 9.80. The maximum Gasteiger partial charge on any atom is 0.0691 e. The summed E-state index contributed by atoms with van der Waals surface area (Å²) >= 11 is 0. The van der Waals surface area contributed by atoms with Gasteiger partial charge in [0.1, 0.15) is 0 Å². The van der Waals surface area contributed by atoms with Crippen LogP contribution in [-0.4, -0.2) is 17.3 Å². The number of rotatable bonds is 18. The summed E-state index contributed by atoms with van der Waals surface area (Å²) < 4.78 is 0. The van der Waals surface area contributed by atoms with E-state index in [1.54, 1.807) is 0 Å². The third-order valence-electron chi connectivity index (χ3n) is 5.07. The Morgan fingerprint density at radius 2 is 0.957 bits per heavy atom. The van der Waals surface area contributed by atoms with Gasteiger partial charge in [-0.2, -0.15) is 0 Å². The molecule has 140 valence electrons. The van der Waals surface area contributed by atoms with E-state index in [1.165, 1.54) is 89.9 Å². The molecule has 2 heteroatoms. The molecule has 23 heavy (non-hydrogen) atoms. The normalized spacial score (nSPS) is 14.1. The molecule has 0 spiro atoms. The van der Waals surface area contributed by atoms with Gasteiger partial charge in [0.2, 0.25) is 0 Å². The SMILES string of the molecule is CCCCCCCCCCCCCCCCC[C@@H](O)[C@@H](N)CC. The molecule has 0 saturated heterocycles. The molecule has 0 aromatic heterocycles. The van der Waals surface area contributed by atoms with Crippen molar-refractivity contribution in [3.63, 3.8) is 0 Å². The maximum atomic E-state index is 9.80. The van der Waals surface area contributed by atoms with Crippen LogP contribution in [0.4, 0.5) is 0 Å². The molecule has 3 N–H and O–H groups in total. The number of hydrogen-bond donors (Lipinski definition) is 2. The summed E-state index contributed by atoms with van der Waals surface area (Å²) in [5.41, 5.74) is 5.83. The van der Waals surface area contributed by atoms with Crippen LogP contribution < -0.4 is 5.73 Å². The van der Waals surface area contributed by atoms with Crippen LogP contribution in [0.15, 0.2) is 0 Å². The Bertz CT molecular complexity index is 220. The van der Waals surface area contributed by atoms with Crippen LogP contribution in [0.1, 0.15) is 123 Å². The molecule has 0 aliphatic carbocycles. The van der Waals surface area contributed by atoms with Crippen LogP contribution in [0.2, 0.25) is 0 Å². The van der Waals surface area contributed by atoms with Gasteiger partial charge in [0.05, 0.1) is 6.10 Å². The van der Waals surface area contributed by atoms with Gasteiger partial charge in [-0.15, -0.1) is 0 Å². The lowest BCUT2D eigenvalue weighted by atomic mass is 10.0. The molecular formula is C21H45NO. The monoisotopic (exact) mass is 327 g/mol. The van der Waals surface area contributed by atoms with Gasteiger partial charge in [-0.05, 0) is 12.8 Å². The van der Waals surface area contributed by atoms with Crippen LogP contribution in [0.3, 0.4) is 0 Å². The third kappa shape index (κ3) is 16.6. The van der Waals surface area contributed by atoms with Crippen molar-refractivity contribution in [3.8, 4) is 0 Å². The average Bonchev–Trinajstić information content (AvgIpc) is 2.57. The Hall–Kier alpha value is -0.0800. The zero-order valence-electron chi connectivity index (χ0n) is 16.2. The average molecular weight is 328 g/mol. The smallest absolute Gasteiger partial charge is 0.0691 e. The Balaban J connectivity index is 3.08. The fraction of sp³-hybridized carbons (Fsp3) is 1.00. The molecule has 0 bridgehead atoms. The first-order valence-corrected chi connectivity index (χ1v) is 10.7. The van der Waals surface area contributed by atoms with E-state index < -0.39 is 0 Å². The van der Waals surface area contributed by atoms with E-state index in [-0.39, 0.29) is 12.1 Å². The number of aliphatic hydroxyl groups is 1. The van der Waals surface area contributed by atoms with E-state index in [1.807, 2.05) is 6.92 Å². The van der Waals surface area contributed by atoms with Crippen LogP contribution in [0.25, 0.3) is 0 Å². The minimum atomic E-state index is -0.290. The van der Waals surface area contributed by atoms with E-state index in [0.29, 0.717) is 0 Å². The van der Waals surface area contributed by atoms with Crippen molar-refractivity contribution < 1.29 is 5.11 Å². The summed E-state index contributed by atoms with van der Waals surface area (Å²) in [6, 6.07) is -0.0263. The zero-order chi connectivity index (χ0) is 17.2. The summed E-state index contributed by atoms with van der Waals surface area (Å²) in [7, 11) is 0. The van der Waals surface area contributed by atoms with Gasteiger partial charge in [-0.3, -0.25) is 0 Å². The highest BCUT2D eigenvalue weighted by Crippen LogP contribution is 2.14. The van der Waals surface area contributed by atoms with E-state index in [2.05, 4.69) is 6.92 Å². The van der Waals surface area contributed by atoms with Gasteiger partial charge in [-0.25, -0.2) is 0 Å². The predicted octanol–water partition coefficient (Wildman–Crippen LogP) is 6.35. The second-order valence-electron chi connectivity index (χ2n) is 7.38. The highest BCUT2D eigenvalue weighted by atomic mass is 16.3. The molecule has 0 heterocycles. The van der Waals surface area contributed by atoms with Crippen molar-refractivity contribution in [3.05, 3.63) is 0 Å². The molecule has 0 fully saturated rings. The Kier molecular flexibility index (Phi) is 18.2. The molecule has 0 amide bonds. The number of nitrogens with two attached hydrogens (primary N) is 1. The topological polar surface area (TPSA) is 46.2 Å². The lowest BCUT2D eigenvalue weighted by molar-refractivity contribution is 0.129. The van der Waals surface area contributed by atoms with Crippen molar-refractivity contribution in [2.45, 2.75) is 135 Å². The lowest BCUT2D eigenvalue weighted by Crippen LogP contribution is -2.33. The molecule has 2 nitrogen and oxygen atoms in total. The summed E-state index contributed by atoms with van der Waals surface area (Å²) in [5, 5.41) is 9.80. The van der Waals surface area contributed by atoms with Gasteiger partial charge in [0.15, 0.2) is 0 Å². The lowest BCUT2D eigenvalue weighted by Gasteiger charge is -2.16. The van der Waals surface area contributed by atoms with Gasteiger partial charge >= 0.3 is 0 Å². The highest BCUT2D eigenvalue weighted by molar-refractivity contribution is 4.69. The first-order chi connectivity index (χ1) is 11.2. The number of aliphatic hydroxyl groups excluding tert-OH is 1. The minimum Gasteiger partial charge on any atom is -0.392 e. The predicted molar refractivity (Wildman–Crippen MR) is 104 cm³/mol. The second-order valence-corrected chi connectivity index (χ2v) is 7.38. The summed E-state index contributed by atoms with van der Waals surface area (Å²) in [5.74, 6) is 0. The Labute approximate surface area is 146 Å². The quantitative estimate of drug-likeness (QED) is 0.288.